The number of ether oxygens (including phenoxy) is 3. The van der Waals surface area contributed by atoms with Crippen LogP contribution in [0.3, 0.4) is 0 Å². The van der Waals surface area contributed by atoms with Gasteiger partial charge in [0.25, 0.3) is 0 Å². The predicted octanol–water partition coefficient (Wildman–Crippen LogP) is 4.19. The number of carbonyl (C=O) groups is 1. The summed E-state index contributed by atoms with van der Waals surface area (Å²) < 4.78 is 16.9. The summed E-state index contributed by atoms with van der Waals surface area (Å²) >= 11 is 0. The quantitative estimate of drug-likeness (QED) is 0.443. The molecule has 0 saturated heterocycles. The number of esters is 1. The minimum atomic E-state index is -1.23. The molecule has 32 heavy (non-hydrogen) atoms. The summed E-state index contributed by atoms with van der Waals surface area (Å²) in [7, 11) is 0. The van der Waals surface area contributed by atoms with Crippen molar-refractivity contribution >= 4 is 18.4 Å². The molecule has 0 bridgehead atoms. The minimum absolute atomic E-state index is 0. The van der Waals surface area contributed by atoms with Crippen LogP contribution < -0.4 is 15.2 Å². The molecule has 0 aromatic heterocycles. The van der Waals surface area contributed by atoms with Crippen molar-refractivity contribution < 1.29 is 24.1 Å². The summed E-state index contributed by atoms with van der Waals surface area (Å²) in [6, 6.07) is 23.3. The number of nitrogens with two attached hydrogens (primary N) is 1. The van der Waals surface area contributed by atoms with E-state index in [-0.39, 0.29) is 19.0 Å². The highest BCUT2D eigenvalue weighted by molar-refractivity contribution is 5.85. The zero-order chi connectivity index (χ0) is 22.1. The first-order valence-electron chi connectivity index (χ1n) is 10.2. The van der Waals surface area contributed by atoms with E-state index in [0.717, 1.165) is 11.1 Å². The number of carbonyl (C=O) groups excluding carboxylic acids is 1. The molecule has 170 valence electrons. The van der Waals surface area contributed by atoms with E-state index in [1.54, 1.807) is 25.1 Å². The van der Waals surface area contributed by atoms with E-state index >= 15 is 0 Å². The van der Waals surface area contributed by atoms with Gasteiger partial charge in [0, 0.05) is 0 Å². The second-order valence-electron chi connectivity index (χ2n) is 6.98. The molecule has 0 spiro atoms. The van der Waals surface area contributed by atoms with Crippen LogP contribution in [0.15, 0.2) is 78.9 Å². The minimum Gasteiger partial charge on any atom is -0.485 e. The number of halogens is 1. The Morgan fingerprint density at radius 2 is 1.41 bits per heavy atom. The van der Waals surface area contributed by atoms with Crippen molar-refractivity contribution in [1.29, 1.82) is 0 Å². The second-order valence-corrected chi connectivity index (χ2v) is 6.98. The molecule has 7 heteroatoms. The average Bonchev–Trinajstić information content (AvgIpc) is 2.82. The molecule has 3 N–H and O–H groups in total. The fourth-order valence-corrected chi connectivity index (χ4v) is 2.99. The average molecular weight is 458 g/mol. The Hall–Kier alpha value is -3.06. The summed E-state index contributed by atoms with van der Waals surface area (Å²) in [6.45, 7) is 2.57. The Kier molecular flexibility index (Phi) is 10.0. The molecule has 2 atom stereocenters. The molecular weight excluding hydrogens is 430 g/mol. The highest BCUT2D eigenvalue weighted by atomic mass is 35.5. The molecule has 0 aliphatic heterocycles. The zero-order valence-corrected chi connectivity index (χ0v) is 18.7. The van der Waals surface area contributed by atoms with Crippen molar-refractivity contribution in [3.05, 3.63) is 95.6 Å². The van der Waals surface area contributed by atoms with Gasteiger partial charge in [-0.3, -0.25) is 4.79 Å². The largest absolute Gasteiger partial charge is 0.485 e. The van der Waals surface area contributed by atoms with Gasteiger partial charge in [-0.25, -0.2) is 0 Å². The highest BCUT2D eigenvalue weighted by Crippen LogP contribution is 2.33. The van der Waals surface area contributed by atoms with Crippen LogP contribution in [0, 0.1) is 0 Å². The predicted molar refractivity (Wildman–Crippen MR) is 125 cm³/mol. The number of rotatable bonds is 10. The van der Waals surface area contributed by atoms with Crippen molar-refractivity contribution in [2.45, 2.75) is 32.3 Å². The van der Waals surface area contributed by atoms with Crippen LogP contribution in [0.4, 0.5) is 0 Å². The van der Waals surface area contributed by atoms with E-state index in [9.17, 15) is 9.90 Å². The Morgan fingerprint density at radius 1 is 0.875 bits per heavy atom. The maximum Gasteiger partial charge on any atom is 0.325 e. The van der Waals surface area contributed by atoms with Gasteiger partial charge in [0.05, 0.1) is 6.61 Å². The van der Waals surface area contributed by atoms with E-state index < -0.39 is 18.1 Å². The van der Waals surface area contributed by atoms with Gasteiger partial charge in [0.2, 0.25) is 0 Å². The number of benzene rings is 3. The van der Waals surface area contributed by atoms with Crippen LogP contribution in [-0.4, -0.2) is 23.7 Å². The maximum atomic E-state index is 11.9. The van der Waals surface area contributed by atoms with Crippen LogP contribution in [0.25, 0.3) is 0 Å². The normalized spacial score (nSPS) is 12.2. The van der Waals surface area contributed by atoms with E-state index in [1.807, 2.05) is 60.7 Å². The van der Waals surface area contributed by atoms with Gasteiger partial charge in [-0.05, 0) is 35.7 Å². The summed E-state index contributed by atoms with van der Waals surface area (Å²) in [5.41, 5.74) is 8.32. The van der Waals surface area contributed by atoms with Gasteiger partial charge >= 0.3 is 5.97 Å². The fraction of sp³-hybridized carbons (Fsp3) is 0.240. The number of hydrogen-bond acceptors (Lipinski definition) is 6. The maximum absolute atomic E-state index is 11.9. The first kappa shape index (κ1) is 25.2. The smallest absolute Gasteiger partial charge is 0.325 e. The number of aliphatic hydroxyl groups is 1. The zero-order valence-electron chi connectivity index (χ0n) is 17.8. The molecule has 0 aliphatic rings. The topological polar surface area (TPSA) is 91.0 Å². The molecule has 0 heterocycles. The van der Waals surface area contributed by atoms with Gasteiger partial charge < -0.3 is 25.1 Å². The second kappa shape index (κ2) is 12.7. The van der Waals surface area contributed by atoms with Gasteiger partial charge in [0.15, 0.2) is 11.5 Å². The van der Waals surface area contributed by atoms with Crippen molar-refractivity contribution in [2.24, 2.45) is 5.73 Å². The summed E-state index contributed by atoms with van der Waals surface area (Å²) in [5, 5.41) is 10.6. The number of hydrogen-bond donors (Lipinski definition) is 2. The third-order valence-electron chi connectivity index (χ3n) is 4.68. The molecule has 3 aromatic rings. The lowest BCUT2D eigenvalue weighted by Gasteiger charge is -2.20. The van der Waals surface area contributed by atoms with Crippen LogP contribution in [-0.2, 0) is 22.7 Å². The van der Waals surface area contributed by atoms with Crippen molar-refractivity contribution in [1.82, 2.24) is 0 Å². The molecule has 0 unspecified atom stereocenters. The molecule has 0 fully saturated rings. The van der Waals surface area contributed by atoms with Crippen molar-refractivity contribution in [2.75, 3.05) is 6.61 Å². The lowest BCUT2D eigenvalue weighted by molar-refractivity contribution is -0.147. The van der Waals surface area contributed by atoms with Crippen molar-refractivity contribution in [3.8, 4) is 11.5 Å². The first-order chi connectivity index (χ1) is 15.1. The van der Waals surface area contributed by atoms with Crippen LogP contribution in [0.2, 0.25) is 0 Å². The molecule has 3 rings (SSSR count). The van der Waals surface area contributed by atoms with Crippen molar-refractivity contribution in [3.63, 3.8) is 0 Å². The van der Waals surface area contributed by atoms with Gasteiger partial charge in [0.1, 0.15) is 25.4 Å². The molecule has 3 aromatic carbocycles. The monoisotopic (exact) mass is 457 g/mol. The highest BCUT2D eigenvalue weighted by Gasteiger charge is 2.26. The lowest BCUT2D eigenvalue weighted by Crippen LogP contribution is -2.38. The third kappa shape index (κ3) is 6.99. The van der Waals surface area contributed by atoms with Gasteiger partial charge in [-0.2, -0.15) is 0 Å². The Labute approximate surface area is 194 Å². The fourth-order valence-electron chi connectivity index (χ4n) is 2.99. The van der Waals surface area contributed by atoms with Crippen LogP contribution in [0.5, 0.6) is 11.5 Å². The van der Waals surface area contributed by atoms with Gasteiger partial charge in [-0.15, -0.1) is 12.4 Å². The first-order valence-corrected chi connectivity index (χ1v) is 10.2. The summed E-state index contributed by atoms with van der Waals surface area (Å²) in [6.07, 6.45) is -1.23. The standard InChI is InChI=1S/C25H27NO5.ClH/c1-2-29-25(28)23(26)24(27)20-13-14-21(30-16-18-9-5-3-6-10-18)22(15-20)31-17-19-11-7-4-8-12-19;/h3-15,23-24,27H,2,16-17,26H2,1H3;1H/t23-,24-;/m0./s1. The Bertz CT molecular complexity index is 969. The lowest BCUT2D eigenvalue weighted by atomic mass is 10.0. The summed E-state index contributed by atoms with van der Waals surface area (Å²) in [4.78, 5) is 11.9. The third-order valence-corrected chi connectivity index (χ3v) is 4.68. The molecular formula is C25H28ClNO5. The number of aliphatic hydroxyl groups excluding tert-OH is 1. The summed E-state index contributed by atoms with van der Waals surface area (Å²) in [5.74, 6) is 0.319. The Morgan fingerprint density at radius 3 is 1.94 bits per heavy atom. The van der Waals surface area contributed by atoms with Crippen LogP contribution in [0.1, 0.15) is 29.7 Å². The van der Waals surface area contributed by atoms with E-state index in [4.69, 9.17) is 19.9 Å². The van der Waals surface area contributed by atoms with Gasteiger partial charge in [-0.1, -0.05) is 66.7 Å². The van der Waals surface area contributed by atoms with E-state index in [1.165, 1.54) is 0 Å². The van der Waals surface area contributed by atoms with Crippen LogP contribution >= 0.6 is 12.4 Å². The molecule has 0 radical (unpaired) electrons. The van der Waals surface area contributed by atoms with E-state index in [2.05, 4.69) is 0 Å². The molecule has 0 amide bonds. The molecule has 6 nitrogen and oxygen atoms in total. The van der Waals surface area contributed by atoms with E-state index in [0.29, 0.717) is 30.3 Å². The molecule has 0 aliphatic carbocycles. The SMILES string of the molecule is CCOC(=O)[C@@H](N)[C@@H](O)c1ccc(OCc2ccccc2)c(OCc2ccccc2)c1.Cl. The Balaban J connectivity index is 0.00000363. The molecule has 0 saturated carbocycles.